The third kappa shape index (κ3) is 6.85. The van der Waals surface area contributed by atoms with Crippen LogP contribution in [-0.4, -0.2) is 33.3 Å². The molecular formula is C52H50N4O4. The van der Waals surface area contributed by atoms with Gasteiger partial charge in [0.1, 0.15) is 11.5 Å². The van der Waals surface area contributed by atoms with Gasteiger partial charge in [-0.2, -0.15) is 0 Å². The van der Waals surface area contributed by atoms with E-state index in [2.05, 4.69) is 37.7 Å². The van der Waals surface area contributed by atoms with Gasteiger partial charge in [0.05, 0.1) is 22.5 Å². The molecule has 2 N–H and O–H groups in total. The molecule has 0 spiro atoms. The van der Waals surface area contributed by atoms with E-state index in [1.54, 1.807) is 0 Å². The lowest BCUT2D eigenvalue weighted by atomic mass is 9.92. The lowest BCUT2D eigenvalue weighted by molar-refractivity contribution is 0.0722. The van der Waals surface area contributed by atoms with Crippen molar-refractivity contribution in [3.05, 3.63) is 152 Å². The molecule has 60 heavy (non-hydrogen) atoms. The number of carbonyl (C=O) groups excluding carboxylic acids is 2. The zero-order valence-electron chi connectivity index (χ0n) is 36.0. The van der Waals surface area contributed by atoms with E-state index < -0.39 is 11.9 Å². The number of aliphatic imine (C=N–C) groups is 2. The van der Waals surface area contributed by atoms with Crippen LogP contribution < -0.4 is 9.47 Å². The normalized spacial score (nSPS) is 15.6. The summed E-state index contributed by atoms with van der Waals surface area (Å²) in [5.74, 6) is -0.293. The van der Waals surface area contributed by atoms with Gasteiger partial charge < -0.3 is 19.4 Å². The smallest absolute Gasteiger partial charge is 0.345 e. The summed E-state index contributed by atoms with van der Waals surface area (Å²) in [4.78, 5) is 45.3. The minimum Gasteiger partial charge on any atom is -0.422 e. The molecule has 4 aromatic carbocycles. The SMILES string of the molecule is CCC1=C(C)/C(=C/c2[nH]c(C)c(C(=O)Oc3ccc4ccccc4c3-c3c(OC(=O)c4c(C)[nH]c(/C=C5\N=C(C)C(CC)=C5C)c4C)ccc4ccccc34)c2C)N=C1C. The molecule has 0 unspecified atom stereocenters. The van der Waals surface area contributed by atoms with Crippen LogP contribution in [0.5, 0.6) is 11.5 Å². The van der Waals surface area contributed by atoms with Crippen molar-refractivity contribution in [1.29, 1.82) is 0 Å². The van der Waals surface area contributed by atoms with Crippen molar-refractivity contribution < 1.29 is 19.1 Å². The van der Waals surface area contributed by atoms with Crippen molar-refractivity contribution in [3.8, 4) is 22.6 Å². The average Bonchev–Trinajstić information content (AvgIpc) is 3.87. The first-order valence-corrected chi connectivity index (χ1v) is 20.6. The number of ether oxygens (including phenoxy) is 2. The summed E-state index contributed by atoms with van der Waals surface area (Å²) in [7, 11) is 0. The molecule has 302 valence electrons. The summed E-state index contributed by atoms with van der Waals surface area (Å²) < 4.78 is 12.9. The number of hydrogen-bond donors (Lipinski definition) is 2. The van der Waals surface area contributed by atoms with Crippen LogP contribution in [0, 0.1) is 27.7 Å². The number of aromatic nitrogens is 2. The number of fused-ring (bicyclic) bond motifs is 2. The lowest BCUT2D eigenvalue weighted by Crippen LogP contribution is -2.13. The van der Waals surface area contributed by atoms with Gasteiger partial charge in [0.15, 0.2) is 0 Å². The Morgan fingerprint density at radius 3 is 1.30 bits per heavy atom. The molecule has 0 saturated carbocycles. The van der Waals surface area contributed by atoms with Crippen molar-refractivity contribution in [2.75, 3.05) is 0 Å². The second-order valence-electron chi connectivity index (χ2n) is 15.8. The summed E-state index contributed by atoms with van der Waals surface area (Å²) in [6.45, 7) is 20.1. The van der Waals surface area contributed by atoms with Crippen molar-refractivity contribution in [3.63, 3.8) is 0 Å². The fraction of sp³-hybridized carbons (Fsp3) is 0.231. The third-order valence-electron chi connectivity index (χ3n) is 12.2. The Bertz CT molecular complexity index is 2810. The number of nitrogens with one attached hydrogen (secondary N) is 2. The highest BCUT2D eigenvalue weighted by Crippen LogP contribution is 2.46. The highest BCUT2D eigenvalue weighted by atomic mass is 16.5. The molecule has 2 aromatic heterocycles. The summed E-state index contributed by atoms with van der Waals surface area (Å²) in [6, 6.07) is 23.5. The van der Waals surface area contributed by atoms with E-state index in [1.807, 2.05) is 126 Å². The monoisotopic (exact) mass is 794 g/mol. The first-order chi connectivity index (χ1) is 28.8. The van der Waals surface area contributed by atoms with Gasteiger partial charge >= 0.3 is 11.9 Å². The zero-order chi connectivity index (χ0) is 42.6. The van der Waals surface area contributed by atoms with Crippen LogP contribution in [0.4, 0.5) is 0 Å². The van der Waals surface area contributed by atoms with E-state index in [4.69, 9.17) is 19.5 Å². The number of rotatable bonds is 9. The topological polar surface area (TPSA) is 109 Å². The maximum absolute atomic E-state index is 14.4. The molecule has 0 aliphatic carbocycles. The van der Waals surface area contributed by atoms with E-state index in [0.29, 0.717) is 45.1 Å². The number of aromatic amines is 2. The molecule has 0 radical (unpaired) electrons. The molecule has 8 rings (SSSR count). The number of hydrogen-bond acceptors (Lipinski definition) is 6. The van der Waals surface area contributed by atoms with Crippen LogP contribution in [-0.2, 0) is 0 Å². The Morgan fingerprint density at radius 2 is 0.933 bits per heavy atom. The summed E-state index contributed by atoms with van der Waals surface area (Å²) in [5, 5.41) is 3.58. The molecule has 0 amide bonds. The van der Waals surface area contributed by atoms with Crippen LogP contribution in [0.25, 0.3) is 44.8 Å². The van der Waals surface area contributed by atoms with Crippen molar-refractivity contribution in [2.24, 2.45) is 9.98 Å². The van der Waals surface area contributed by atoms with Crippen LogP contribution in [0.3, 0.4) is 0 Å². The van der Waals surface area contributed by atoms with Crippen LogP contribution in [0.15, 0.2) is 116 Å². The average molecular weight is 795 g/mol. The van der Waals surface area contributed by atoms with Gasteiger partial charge in [0.2, 0.25) is 0 Å². The fourth-order valence-corrected chi connectivity index (χ4v) is 9.05. The molecule has 8 heteroatoms. The van der Waals surface area contributed by atoms with Gasteiger partial charge in [-0.25, -0.2) is 9.59 Å². The highest BCUT2D eigenvalue weighted by Gasteiger charge is 2.28. The molecule has 0 saturated heterocycles. The Kier molecular flexibility index (Phi) is 10.5. The van der Waals surface area contributed by atoms with Crippen LogP contribution >= 0.6 is 0 Å². The quantitative estimate of drug-likeness (QED) is 0.112. The molecule has 0 bridgehead atoms. The highest BCUT2D eigenvalue weighted by molar-refractivity contribution is 6.12. The van der Waals surface area contributed by atoms with Crippen molar-refractivity contribution >= 4 is 57.1 Å². The molecule has 6 aromatic rings. The summed E-state index contributed by atoms with van der Waals surface area (Å²) in [5.41, 5.74) is 15.4. The number of allylic oxidation sites excluding steroid dienone is 4. The predicted octanol–water partition coefficient (Wildman–Crippen LogP) is 13.1. The maximum atomic E-state index is 14.4. The van der Waals surface area contributed by atoms with E-state index in [9.17, 15) is 9.59 Å². The third-order valence-corrected chi connectivity index (χ3v) is 12.2. The Labute approximate surface area is 351 Å². The van der Waals surface area contributed by atoms with Crippen molar-refractivity contribution in [1.82, 2.24) is 9.97 Å². The molecule has 2 aliphatic heterocycles. The Morgan fingerprint density at radius 1 is 0.550 bits per heavy atom. The minimum absolute atomic E-state index is 0.347. The van der Waals surface area contributed by atoms with Crippen LogP contribution in [0.2, 0.25) is 0 Å². The second kappa shape index (κ2) is 15.8. The van der Waals surface area contributed by atoms with E-state index >= 15 is 0 Å². The van der Waals surface area contributed by atoms with E-state index in [-0.39, 0.29) is 0 Å². The van der Waals surface area contributed by atoms with Gasteiger partial charge in [-0.15, -0.1) is 0 Å². The predicted molar refractivity (Wildman–Crippen MR) is 245 cm³/mol. The van der Waals surface area contributed by atoms with E-state index in [1.165, 1.54) is 11.1 Å². The first kappa shape index (κ1) is 40.0. The number of carbonyl (C=O) groups is 2. The Hall–Kier alpha value is -6.80. The number of H-pyrrole nitrogens is 2. The minimum atomic E-state index is -0.494. The largest absolute Gasteiger partial charge is 0.422 e. The molecular weight excluding hydrogens is 745 g/mol. The Balaban J connectivity index is 1.22. The number of esters is 2. The van der Waals surface area contributed by atoms with Gasteiger partial charge in [0, 0.05) is 45.3 Å². The van der Waals surface area contributed by atoms with Crippen LogP contribution in [0.1, 0.15) is 109 Å². The summed E-state index contributed by atoms with van der Waals surface area (Å²) >= 11 is 0. The van der Waals surface area contributed by atoms with Crippen molar-refractivity contribution in [2.45, 2.75) is 82.1 Å². The van der Waals surface area contributed by atoms with Gasteiger partial charge in [-0.3, -0.25) is 9.98 Å². The number of nitrogens with zero attached hydrogens (tertiary/aromatic N) is 2. The molecule has 0 atom stereocenters. The number of benzene rings is 4. The van der Waals surface area contributed by atoms with Gasteiger partial charge in [-0.1, -0.05) is 74.5 Å². The molecule has 0 fully saturated rings. The standard InChI is InChI=1S/C52H50N4O4/c1-11-37-27(3)41(53-31(37)7)25-43-29(5)47(33(9)55-43)51(57)59-45-23-21-35-17-13-15-19-39(35)49(45)50-40-20-16-14-18-36(40)22-24-46(50)60-52(58)48-30(6)44(56-34(48)10)26-42-28(4)38(12-2)32(8)54-42/h13-26,55-56H,11-12H2,1-10H3/b41-25-,42-26-. The molecule has 8 nitrogen and oxygen atoms in total. The van der Waals surface area contributed by atoms with Gasteiger partial charge in [-0.05, 0) is 147 Å². The molecule has 4 heterocycles. The summed E-state index contributed by atoms with van der Waals surface area (Å²) in [6.07, 6.45) is 5.83. The lowest BCUT2D eigenvalue weighted by Gasteiger charge is -2.19. The van der Waals surface area contributed by atoms with Gasteiger partial charge in [0.25, 0.3) is 0 Å². The van der Waals surface area contributed by atoms with E-state index in [0.717, 1.165) is 90.9 Å². The fourth-order valence-electron chi connectivity index (χ4n) is 9.05. The second-order valence-corrected chi connectivity index (χ2v) is 15.8. The maximum Gasteiger partial charge on any atom is 0.345 e. The number of aryl methyl sites for hydroxylation is 2. The zero-order valence-corrected chi connectivity index (χ0v) is 36.0. The molecule has 2 aliphatic rings. The first-order valence-electron chi connectivity index (χ1n) is 20.6.